The van der Waals surface area contributed by atoms with E-state index in [1.165, 1.54) is 13.1 Å². The van der Waals surface area contributed by atoms with Gasteiger partial charge in [-0.15, -0.1) is 0 Å². The van der Waals surface area contributed by atoms with Crippen LogP contribution in [0.2, 0.25) is 0 Å². The van der Waals surface area contributed by atoms with Crippen molar-refractivity contribution in [2.45, 2.75) is 19.9 Å². The van der Waals surface area contributed by atoms with Gasteiger partial charge >= 0.3 is 0 Å². The Kier molecular flexibility index (Phi) is 4.65. The molecule has 25 heavy (non-hydrogen) atoms. The van der Waals surface area contributed by atoms with Crippen molar-refractivity contribution in [3.8, 4) is 0 Å². The van der Waals surface area contributed by atoms with Crippen molar-refractivity contribution in [3.05, 3.63) is 70.8 Å². The summed E-state index contributed by atoms with van der Waals surface area (Å²) in [6.07, 6.45) is 0.837. The van der Waals surface area contributed by atoms with Crippen LogP contribution in [0.25, 0.3) is 0 Å². The molecule has 2 aromatic carbocycles. The minimum absolute atomic E-state index is 0.136. The molecule has 1 heterocycles. The van der Waals surface area contributed by atoms with Crippen LogP contribution in [0, 0.1) is 0 Å². The second-order valence-electron chi connectivity index (χ2n) is 6.14. The zero-order valence-corrected chi connectivity index (χ0v) is 14.4. The molecule has 0 bridgehead atoms. The summed E-state index contributed by atoms with van der Waals surface area (Å²) >= 11 is 0. The summed E-state index contributed by atoms with van der Waals surface area (Å²) in [5, 5.41) is 0. The highest BCUT2D eigenvalue weighted by Gasteiger charge is 2.33. The highest BCUT2D eigenvalue weighted by molar-refractivity contribution is 6.21. The average molecular weight is 336 g/mol. The molecule has 0 unspecified atom stereocenters. The number of carbonyl (C=O) groups excluding carboxylic acids is 3. The fourth-order valence-electron chi connectivity index (χ4n) is 3.00. The number of carbonyl (C=O) groups is 3. The third-order valence-corrected chi connectivity index (χ3v) is 4.33. The standard InChI is InChI=1S/C20H20N2O3/c1-3-11-22(13-14-7-5-4-6-8-14)18(23)15-9-10-16-17(12-15)20(25)21(2)19(16)24/h4-10,12H,3,11,13H2,1-2H3. The molecule has 0 fully saturated rings. The second-order valence-corrected chi connectivity index (χ2v) is 6.14. The van der Waals surface area contributed by atoms with E-state index in [4.69, 9.17) is 0 Å². The summed E-state index contributed by atoms with van der Waals surface area (Å²) in [5.41, 5.74) is 2.14. The predicted octanol–water partition coefficient (Wildman–Crippen LogP) is 2.96. The molecule has 128 valence electrons. The Labute approximate surface area is 146 Å². The summed E-state index contributed by atoms with van der Waals surface area (Å²) in [7, 11) is 1.45. The molecule has 3 amide bonds. The minimum atomic E-state index is -0.361. The molecule has 1 aliphatic heterocycles. The number of rotatable bonds is 5. The molecule has 0 N–H and O–H groups in total. The van der Waals surface area contributed by atoms with Crippen molar-refractivity contribution >= 4 is 17.7 Å². The van der Waals surface area contributed by atoms with E-state index in [0.717, 1.165) is 16.9 Å². The summed E-state index contributed by atoms with van der Waals surface area (Å²) in [6.45, 7) is 3.15. The van der Waals surface area contributed by atoms with E-state index in [-0.39, 0.29) is 17.7 Å². The molecule has 1 aliphatic rings. The molecule has 0 radical (unpaired) electrons. The first kappa shape index (κ1) is 16.9. The third kappa shape index (κ3) is 3.18. The zero-order valence-electron chi connectivity index (χ0n) is 14.4. The number of amides is 3. The Bertz CT molecular complexity index is 830. The first-order chi connectivity index (χ1) is 12.0. The van der Waals surface area contributed by atoms with E-state index < -0.39 is 0 Å². The molecular weight excluding hydrogens is 316 g/mol. The van der Waals surface area contributed by atoms with Crippen LogP contribution in [0.1, 0.15) is 50.0 Å². The third-order valence-electron chi connectivity index (χ3n) is 4.33. The van der Waals surface area contributed by atoms with Crippen molar-refractivity contribution in [1.29, 1.82) is 0 Å². The zero-order chi connectivity index (χ0) is 18.0. The Morgan fingerprint density at radius 1 is 1.00 bits per heavy atom. The molecule has 0 atom stereocenters. The van der Waals surface area contributed by atoms with Crippen LogP contribution in [0.3, 0.4) is 0 Å². The largest absolute Gasteiger partial charge is 0.334 e. The number of benzene rings is 2. The lowest BCUT2D eigenvalue weighted by atomic mass is 10.0. The second kappa shape index (κ2) is 6.89. The number of hydrogen-bond donors (Lipinski definition) is 0. The maximum atomic E-state index is 12.9. The van der Waals surface area contributed by atoms with Gasteiger partial charge in [-0.1, -0.05) is 37.3 Å². The van der Waals surface area contributed by atoms with E-state index in [1.807, 2.05) is 37.3 Å². The maximum Gasteiger partial charge on any atom is 0.261 e. The highest BCUT2D eigenvalue weighted by Crippen LogP contribution is 2.23. The molecule has 3 rings (SSSR count). The van der Waals surface area contributed by atoms with Crippen molar-refractivity contribution in [1.82, 2.24) is 9.80 Å². The molecule has 5 nitrogen and oxygen atoms in total. The van der Waals surface area contributed by atoms with Gasteiger partial charge in [0, 0.05) is 25.7 Å². The summed E-state index contributed by atoms with van der Waals surface area (Å²) < 4.78 is 0. The average Bonchev–Trinajstić information content (AvgIpc) is 2.85. The van der Waals surface area contributed by atoms with Gasteiger partial charge in [0.2, 0.25) is 0 Å². The van der Waals surface area contributed by atoms with Crippen LogP contribution >= 0.6 is 0 Å². The van der Waals surface area contributed by atoms with Gasteiger partial charge in [0.1, 0.15) is 0 Å². The summed E-state index contributed by atoms with van der Waals surface area (Å²) in [5.74, 6) is -0.822. The number of imide groups is 1. The number of hydrogen-bond acceptors (Lipinski definition) is 3. The molecule has 0 aromatic heterocycles. The Balaban J connectivity index is 1.88. The van der Waals surface area contributed by atoms with E-state index in [1.54, 1.807) is 17.0 Å². The van der Waals surface area contributed by atoms with Crippen LogP contribution in [-0.2, 0) is 6.54 Å². The first-order valence-corrected chi connectivity index (χ1v) is 8.32. The number of nitrogens with zero attached hydrogens (tertiary/aromatic N) is 2. The van der Waals surface area contributed by atoms with Gasteiger partial charge in [0.15, 0.2) is 0 Å². The fourth-order valence-corrected chi connectivity index (χ4v) is 3.00. The van der Waals surface area contributed by atoms with Gasteiger partial charge in [0.25, 0.3) is 17.7 Å². The van der Waals surface area contributed by atoms with Crippen LogP contribution in [-0.4, -0.2) is 41.1 Å². The van der Waals surface area contributed by atoms with Crippen molar-refractivity contribution < 1.29 is 14.4 Å². The van der Waals surface area contributed by atoms with E-state index in [9.17, 15) is 14.4 Å². The smallest absolute Gasteiger partial charge is 0.261 e. The summed E-state index contributed by atoms with van der Waals surface area (Å²) in [6, 6.07) is 14.5. The molecule has 5 heteroatoms. The Morgan fingerprint density at radius 2 is 1.68 bits per heavy atom. The minimum Gasteiger partial charge on any atom is -0.334 e. The summed E-state index contributed by atoms with van der Waals surface area (Å²) in [4.78, 5) is 39.9. The normalized spacial score (nSPS) is 13.1. The van der Waals surface area contributed by atoms with E-state index in [2.05, 4.69) is 0 Å². The van der Waals surface area contributed by atoms with Gasteiger partial charge in [-0.05, 0) is 30.2 Å². The van der Waals surface area contributed by atoms with Crippen LogP contribution in [0.15, 0.2) is 48.5 Å². The van der Waals surface area contributed by atoms with Crippen molar-refractivity contribution in [3.63, 3.8) is 0 Å². The van der Waals surface area contributed by atoms with Gasteiger partial charge in [-0.25, -0.2) is 0 Å². The highest BCUT2D eigenvalue weighted by atomic mass is 16.2. The van der Waals surface area contributed by atoms with Crippen LogP contribution in [0.5, 0.6) is 0 Å². The van der Waals surface area contributed by atoms with Crippen molar-refractivity contribution in [2.24, 2.45) is 0 Å². The van der Waals surface area contributed by atoms with Crippen LogP contribution in [0.4, 0.5) is 0 Å². The SMILES string of the molecule is CCCN(Cc1ccccc1)C(=O)c1ccc2c(c1)C(=O)N(C)C2=O. The monoisotopic (exact) mass is 336 g/mol. The molecule has 2 aromatic rings. The van der Waals surface area contributed by atoms with Crippen molar-refractivity contribution in [2.75, 3.05) is 13.6 Å². The number of fused-ring (bicyclic) bond motifs is 1. The molecule has 0 saturated heterocycles. The van der Waals surface area contributed by atoms with Gasteiger partial charge in [-0.2, -0.15) is 0 Å². The quantitative estimate of drug-likeness (QED) is 0.789. The Hall–Kier alpha value is -2.95. The lowest BCUT2D eigenvalue weighted by molar-refractivity contribution is 0.0692. The van der Waals surface area contributed by atoms with Gasteiger partial charge in [-0.3, -0.25) is 19.3 Å². The predicted molar refractivity (Wildman–Crippen MR) is 94.3 cm³/mol. The Morgan fingerprint density at radius 3 is 2.36 bits per heavy atom. The van der Waals surface area contributed by atoms with E-state index >= 15 is 0 Å². The fraction of sp³-hybridized carbons (Fsp3) is 0.250. The lowest BCUT2D eigenvalue weighted by Gasteiger charge is -2.22. The van der Waals surface area contributed by atoms with Gasteiger partial charge < -0.3 is 4.90 Å². The molecule has 0 spiro atoms. The van der Waals surface area contributed by atoms with Gasteiger partial charge in [0.05, 0.1) is 11.1 Å². The molecular formula is C20H20N2O3. The topological polar surface area (TPSA) is 57.7 Å². The maximum absolute atomic E-state index is 12.9. The molecule has 0 saturated carbocycles. The van der Waals surface area contributed by atoms with Crippen LogP contribution < -0.4 is 0 Å². The lowest BCUT2D eigenvalue weighted by Crippen LogP contribution is -2.31. The van der Waals surface area contributed by atoms with E-state index in [0.29, 0.717) is 29.8 Å². The molecule has 0 aliphatic carbocycles. The first-order valence-electron chi connectivity index (χ1n) is 8.32.